The van der Waals surface area contributed by atoms with E-state index in [-0.39, 0.29) is 5.91 Å². The minimum absolute atomic E-state index is 0.181. The highest BCUT2D eigenvalue weighted by Crippen LogP contribution is 2.48. The lowest BCUT2D eigenvalue weighted by atomic mass is 10.1. The van der Waals surface area contributed by atoms with E-state index >= 15 is 0 Å². The number of nitrogens with zero attached hydrogens (tertiary/aromatic N) is 3. The Labute approximate surface area is 197 Å². The topological polar surface area (TPSA) is 38.8 Å². The summed E-state index contributed by atoms with van der Waals surface area (Å²) in [6, 6.07) is 15.6. The van der Waals surface area contributed by atoms with E-state index in [2.05, 4.69) is 69.4 Å². The molecule has 0 bridgehead atoms. The fourth-order valence-electron chi connectivity index (χ4n) is 4.54. The molecule has 2 aliphatic rings. The summed E-state index contributed by atoms with van der Waals surface area (Å²) in [5.41, 5.74) is 4.00. The van der Waals surface area contributed by atoms with E-state index < -0.39 is 0 Å². The van der Waals surface area contributed by atoms with Crippen LogP contribution in [0.4, 0.5) is 11.4 Å². The number of carbonyl (C=O) groups is 1. The van der Waals surface area contributed by atoms with Crippen LogP contribution in [-0.2, 0) is 4.79 Å². The number of rotatable bonds is 9. The van der Waals surface area contributed by atoms with Gasteiger partial charge in [-0.1, -0.05) is 36.9 Å². The maximum absolute atomic E-state index is 11.6. The van der Waals surface area contributed by atoms with Crippen molar-refractivity contribution in [1.82, 2.24) is 15.1 Å². The maximum atomic E-state index is 11.6. The molecule has 2 heterocycles. The van der Waals surface area contributed by atoms with Gasteiger partial charge in [-0.25, -0.2) is 0 Å². The van der Waals surface area contributed by atoms with Gasteiger partial charge in [0.25, 0.3) is 0 Å². The number of amides is 1. The quantitative estimate of drug-likeness (QED) is 0.606. The van der Waals surface area contributed by atoms with Gasteiger partial charge in [-0.05, 0) is 56.1 Å². The van der Waals surface area contributed by atoms with Crippen molar-refractivity contribution in [3.05, 3.63) is 48.0 Å². The summed E-state index contributed by atoms with van der Waals surface area (Å²) in [4.78, 5) is 21.9. The molecule has 2 aromatic rings. The van der Waals surface area contributed by atoms with Crippen molar-refractivity contribution in [2.24, 2.45) is 0 Å². The van der Waals surface area contributed by atoms with Gasteiger partial charge in [-0.2, -0.15) is 0 Å². The molecule has 0 radical (unpaired) electrons. The number of anilines is 2. The van der Waals surface area contributed by atoms with E-state index in [9.17, 15) is 4.79 Å². The lowest BCUT2D eigenvalue weighted by molar-refractivity contribution is -0.121. The second-order valence-corrected chi connectivity index (χ2v) is 9.91. The first-order chi connectivity index (χ1) is 15.6. The Morgan fingerprint density at radius 3 is 2.44 bits per heavy atom. The van der Waals surface area contributed by atoms with Gasteiger partial charge in [0.2, 0.25) is 5.91 Å². The summed E-state index contributed by atoms with van der Waals surface area (Å²) in [7, 11) is 0. The fourth-order valence-corrected chi connectivity index (χ4v) is 5.61. The van der Waals surface area contributed by atoms with Gasteiger partial charge in [0.1, 0.15) is 0 Å². The first-order valence-corrected chi connectivity index (χ1v) is 12.8. The highest BCUT2D eigenvalue weighted by Gasteiger charge is 2.23. The minimum atomic E-state index is 0.181. The summed E-state index contributed by atoms with van der Waals surface area (Å²) >= 11 is 1.88. The van der Waals surface area contributed by atoms with Crippen LogP contribution in [0.3, 0.4) is 0 Å². The molecule has 1 fully saturated rings. The van der Waals surface area contributed by atoms with Gasteiger partial charge in [0.05, 0.1) is 11.4 Å². The second kappa shape index (κ2) is 11.2. The Hall–Kier alpha value is -2.02. The van der Waals surface area contributed by atoms with E-state index in [0.717, 1.165) is 65.2 Å². The number of nitrogens with one attached hydrogen (secondary N) is 1. The molecule has 32 heavy (non-hydrogen) atoms. The van der Waals surface area contributed by atoms with Crippen molar-refractivity contribution in [1.29, 1.82) is 0 Å². The third kappa shape index (κ3) is 5.85. The molecular formula is C26H36N4OS. The van der Waals surface area contributed by atoms with Gasteiger partial charge in [-0.15, -0.1) is 0 Å². The SMILES string of the molecule is CCCC(=O)NCCN1CCN(CCCN2c3ccccc3Sc3ccc(C)cc32)CC1. The molecule has 1 saturated heterocycles. The Balaban J connectivity index is 1.25. The first-order valence-electron chi connectivity index (χ1n) is 12.0. The number of hydrogen-bond acceptors (Lipinski definition) is 5. The van der Waals surface area contributed by atoms with E-state index in [1.54, 1.807) is 0 Å². The first kappa shape index (κ1) is 23.1. The van der Waals surface area contributed by atoms with Gasteiger partial charge in [0.15, 0.2) is 0 Å². The Kier molecular flexibility index (Phi) is 8.11. The minimum Gasteiger partial charge on any atom is -0.355 e. The molecule has 4 rings (SSSR count). The molecule has 0 aromatic heterocycles. The molecular weight excluding hydrogens is 416 g/mol. The van der Waals surface area contributed by atoms with Crippen LogP contribution in [0.25, 0.3) is 0 Å². The Bertz CT molecular complexity index is 910. The Morgan fingerprint density at radius 2 is 1.66 bits per heavy atom. The third-order valence-corrected chi connectivity index (χ3v) is 7.46. The van der Waals surface area contributed by atoms with Crippen LogP contribution in [0.2, 0.25) is 0 Å². The summed E-state index contributed by atoms with van der Waals surface area (Å²) in [6.45, 7) is 12.5. The average molecular weight is 453 g/mol. The smallest absolute Gasteiger partial charge is 0.220 e. The number of hydrogen-bond donors (Lipinski definition) is 1. The van der Waals surface area contributed by atoms with E-state index in [1.165, 1.54) is 26.7 Å². The van der Waals surface area contributed by atoms with Gasteiger partial charge < -0.3 is 15.1 Å². The molecule has 172 valence electrons. The summed E-state index contributed by atoms with van der Waals surface area (Å²) < 4.78 is 0. The third-order valence-electron chi connectivity index (χ3n) is 6.33. The summed E-state index contributed by atoms with van der Waals surface area (Å²) in [6.07, 6.45) is 2.70. The molecule has 0 spiro atoms. The van der Waals surface area contributed by atoms with E-state index in [0.29, 0.717) is 6.42 Å². The molecule has 6 heteroatoms. The molecule has 5 nitrogen and oxygen atoms in total. The number of para-hydroxylation sites is 1. The highest BCUT2D eigenvalue weighted by atomic mass is 32.2. The van der Waals surface area contributed by atoms with Crippen LogP contribution in [0.15, 0.2) is 52.3 Å². The van der Waals surface area contributed by atoms with Crippen molar-refractivity contribution < 1.29 is 4.79 Å². The molecule has 0 unspecified atom stereocenters. The lowest BCUT2D eigenvalue weighted by Gasteiger charge is -2.36. The molecule has 2 aromatic carbocycles. The zero-order valence-corrected chi connectivity index (χ0v) is 20.3. The van der Waals surface area contributed by atoms with Crippen LogP contribution < -0.4 is 10.2 Å². The predicted molar refractivity (Wildman–Crippen MR) is 134 cm³/mol. The normalized spacial score (nSPS) is 16.5. The van der Waals surface area contributed by atoms with Gasteiger partial charge in [-0.3, -0.25) is 9.69 Å². The number of carbonyl (C=O) groups excluding carboxylic acids is 1. The highest BCUT2D eigenvalue weighted by molar-refractivity contribution is 7.99. The van der Waals surface area contributed by atoms with Crippen molar-refractivity contribution in [2.75, 3.05) is 57.3 Å². The number of benzene rings is 2. The van der Waals surface area contributed by atoms with Gasteiger partial charge >= 0.3 is 0 Å². The molecule has 0 saturated carbocycles. The zero-order valence-electron chi connectivity index (χ0n) is 19.5. The molecule has 1 N–H and O–H groups in total. The Morgan fingerprint density at radius 1 is 0.938 bits per heavy atom. The fraction of sp³-hybridized carbons (Fsp3) is 0.500. The monoisotopic (exact) mass is 452 g/mol. The molecule has 0 aliphatic carbocycles. The van der Waals surface area contributed by atoms with Crippen LogP contribution in [0.5, 0.6) is 0 Å². The lowest BCUT2D eigenvalue weighted by Crippen LogP contribution is -2.48. The van der Waals surface area contributed by atoms with Gasteiger partial charge in [0, 0.05) is 62.0 Å². The zero-order chi connectivity index (χ0) is 22.3. The van der Waals surface area contributed by atoms with Crippen LogP contribution >= 0.6 is 11.8 Å². The summed E-state index contributed by atoms with van der Waals surface area (Å²) in [5, 5.41) is 3.03. The second-order valence-electron chi connectivity index (χ2n) is 8.83. The van der Waals surface area contributed by atoms with Crippen molar-refractivity contribution >= 4 is 29.0 Å². The predicted octanol–water partition coefficient (Wildman–Crippen LogP) is 4.52. The van der Waals surface area contributed by atoms with E-state index in [4.69, 9.17) is 0 Å². The van der Waals surface area contributed by atoms with Crippen molar-refractivity contribution in [3.63, 3.8) is 0 Å². The average Bonchev–Trinajstić information content (AvgIpc) is 2.80. The molecule has 0 atom stereocenters. The van der Waals surface area contributed by atoms with Crippen LogP contribution in [0.1, 0.15) is 31.7 Å². The largest absolute Gasteiger partial charge is 0.355 e. The van der Waals surface area contributed by atoms with Crippen molar-refractivity contribution in [3.8, 4) is 0 Å². The number of fused-ring (bicyclic) bond motifs is 2. The standard InChI is InChI=1S/C26H36N4OS/c1-3-7-26(31)27-12-15-29-18-16-28(17-19-29)13-6-14-30-22-8-4-5-9-24(22)32-25-11-10-21(2)20-23(25)30/h4-5,8-11,20H,3,6-7,12-19H2,1-2H3,(H,27,31). The number of aryl methyl sites for hydroxylation is 1. The van der Waals surface area contributed by atoms with E-state index in [1.807, 2.05) is 18.7 Å². The maximum Gasteiger partial charge on any atom is 0.220 e. The molecule has 1 amide bonds. The van der Waals surface area contributed by atoms with Crippen LogP contribution in [0, 0.1) is 6.92 Å². The number of piperazine rings is 1. The summed E-state index contributed by atoms with van der Waals surface area (Å²) in [5.74, 6) is 0.181. The molecule has 2 aliphatic heterocycles. The van der Waals surface area contributed by atoms with Crippen LogP contribution in [-0.4, -0.2) is 68.1 Å². The van der Waals surface area contributed by atoms with Crippen molar-refractivity contribution in [2.45, 2.75) is 42.9 Å².